The van der Waals surface area contributed by atoms with Gasteiger partial charge < -0.3 is 9.05 Å². The first kappa shape index (κ1) is 31.3. The largest absolute Gasteiger partial charge is 0.584 e. The molecule has 2 aliphatic carbocycles. The van der Waals surface area contributed by atoms with E-state index in [-0.39, 0.29) is 16.2 Å². The maximum Gasteiger partial charge on any atom is 0.584 e. The lowest BCUT2D eigenvalue weighted by atomic mass is 9.73. The molecule has 1 N–H and O–H groups in total. The summed E-state index contributed by atoms with van der Waals surface area (Å²) in [4.78, 5) is 11.6. The van der Waals surface area contributed by atoms with Gasteiger partial charge in [0, 0.05) is 27.7 Å². The Bertz CT molecular complexity index is 1820. The van der Waals surface area contributed by atoms with Gasteiger partial charge in [-0.1, -0.05) is 90.1 Å². The highest BCUT2D eigenvalue weighted by Crippen LogP contribution is 2.65. The Balaban J connectivity index is 1.50. The molecule has 4 aromatic rings. The van der Waals surface area contributed by atoms with Gasteiger partial charge in [-0.3, -0.25) is 4.89 Å². The number of rotatable bonds is 2. The zero-order valence-corrected chi connectivity index (χ0v) is 30.0. The third-order valence-electron chi connectivity index (χ3n) is 10.8. The van der Waals surface area contributed by atoms with E-state index in [1.54, 1.807) is 0 Å². The van der Waals surface area contributed by atoms with Crippen LogP contribution in [0.2, 0.25) is 0 Å². The Labute approximate surface area is 274 Å². The molecule has 1 spiro atoms. The highest BCUT2D eigenvalue weighted by Gasteiger charge is 2.52. The van der Waals surface area contributed by atoms with Gasteiger partial charge >= 0.3 is 7.82 Å². The number of phosphoric ester groups is 1. The molecule has 46 heavy (non-hydrogen) atoms. The van der Waals surface area contributed by atoms with Crippen LogP contribution in [0.3, 0.4) is 0 Å². The van der Waals surface area contributed by atoms with Crippen LogP contribution in [0.25, 0.3) is 22.3 Å². The van der Waals surface area contributed by atoms with E-state index in [4.69, 9.17) is 9.05 Å². The van der Waals surface area contributed by atoms with Crippen molar-refractivity contribution in [1.29, 1.82) is 0 Å². The second-order valence-electron chi connectivity index (χ2n) is 16.2. The Kier molecular flexibility index (Phi) is 6.86. The predicted molar refractivity (Wildman–Crippen MR) is 189 cm³/mol. The molecule has 0 amide bonds. The van der Waals surface area contributed by atoms with Crippen LogP contribution in [0.1, 0.15) is 110 Å². The molecule has 0 saturated carbocycles. The van der Waals surface area contributed by atoms with Crippen LogP contribution in [0.5, 0.6) is 11.5 Å². The minimum atomic E-state index is -4.59. The topological polar surface area (TPSA) is 55.8 Å². The molecule has 0 radical (unpaired) electrons. The summed E-state index contributed by atoms with van der Waals surface area (Å²) in [6.45, 7) is 21.9. The van der Waals surface area contributed by atoms with E-state index in [9.17, 15) is 9.46 Å². The average Bonchev–Trinajstić information content (AvgIpc) is 3.49. The number of aryl methyl sites for hydroxylation is 6. The van der Waals surface area contributed by atoms with Crippen LogP contribution in [-0.2, 0) is 33.7 Å². The van der Waals surface area contributed by atoms with Gasteiger partial charge in [0.1, 0.15) is 11.5 Å². The zero-order valence-electron chi connectivity index (χ0n) is 29.1. The quantitative estimate of drug-likeness (QED) is 0.223. The predicted octanol–water partition coefficient (Wildman–Crippen LogP) is 10.9. The van der Waals surface area contributed by atoms with Gasteiger partial charge in [-0.25, -0.2) is 4.57 Å². The van der Waals surface area contributed by atoms with Gasteiger partial charge in [0.25, 0.3) is 0 Å². The molecule has 240 valence electrons. The third kappa shape index (κ3) is 4.70. The van der Waals surface area contributed by atoms with Crippen molar-refractivity contribution in [2.75, 3.05) is 0 Å². The Morgan fingerprint density at radius 2 is 0.978 bits per heavy atom. The normalized spacial score (nSPS) is 17.5. The van der Waals surface area contributed by atoms with Crippen LogP contribution in [-0.4, -0.2) is 4.89 Å². The van der Waals surface area contributed by atoms with Crippen molar-refractivity contribution >= 4 is 7.82 Å². The fourth-order valence-electron chi connectivity index (χ4n) is 8.63. The fourth-order valence-corrected chi connectivity index (χ4v) is 9.51. The standard InChI is InChI=1S/C41H47O4P/c1-23-19-29(39(5,6)7)20-24(2)33(23)31-13-11-27-15-17-41-18-16-28-12-14-32(34-25(3)21-30(22-26(34)4)40(8,9)10)38(36(28)41)45-46(42,43)44-37(31)35(27)41/h11-14,19-22H,15-18H2,1-10H3,(H,42,43). The van der Waals surface area contributed by atoms with E-state index in [2.05, 4.69) is 118 Å². The van der Waals surface area contributed by atoms with Crippen molar-refractivity contribution in [2.24, 2.45) is 0 Å². The van der Waals surface area contributed by atoms with Gasteiger partial charge in [0.15, 0.2) is 0 Å². The summed E-state index contributed by atoms with van der Waals surface area (Å²) in [7, 11) is -4.59. The van der Waals surface area contributed by atoms with Gasteiger partial charge in [-0.2, -0.15) is 0 Å². The number of benzene rings is 4. The summed E-state index contributed by atoms with van der Waals surface area (Å²) in [6, 6.07) is 17.7. The summed E-state index contributed by atoms with van der Waals surface area (Å²) in [5.74, 6) is 1.03. The lowest BCUT2D eigenvalue weighted by Crippen LogP contribution is -2.25. The molecule has 5 heteroatoms. The smallest absolute Gasteiger partial charge is 0.394 e. The van der Waals surface area contributed by atoms with Crippen molar-refractivity contribution in [3.05, 3.63) is 104 Å². The van der Waals surface area contributed by atoms with Gasteiger partial charge in [-0.05, 0) is 120 Å². The van der Waals surface area contributed by atoms with E-state index in [0.29, 0.717) is 11.5 Å². The Morgan fingerprint density at radius 3 is 1.30 bits per heavy atom. The average molecular weight is 635 g/mol. The van der Waals surface area contributed by atoms with E-state index in [1.165, 1.54) is 22.3 Å². The van der Waals surface area contributed by atoms with Gasteiger partial charge in [0.05, 0.1) is 0 Å². The second kappa shape index (κ2) is 10.1. The highest BCUT2D eigenvalue weighted by atomic mass is 31.2. The summed E-state index contributed by atoms with van der Waals surface area (Å²) in [5.41, 5.74) is 15.2. The van der Waals surface area contributed by atoms with E-state index in [0.717, 1.165) is 81.3 Å². The molecule has 0 saturated heterocycles. The summed E-state index contributed by atoms with van der Waals surface area (Å²) < 4.78 is 26.8. The number of hydrogen-bond acceptors (Lipinski definition) is 3. The van der Waals surface area contributed by atoms with Crippen molar-refractivity contribution in [1.82, 2.24) is 0 Å². The number of hydrogen-bond donors (Lipinski definition) is 1. The van der Waals surface area contributed by atoms with Gasteiger partial charge in [0.2, 0.25) is 0 Å². The molecule has 7 rings (SSSR count). The Hall–Kier alpha value is -3.33. The molecule has 0 unspecified atom stereocenters. The third-order valence-corrected chi connectivity index (χ3v) is 11.7. The van der Waals surface area contributed by atoms with E-state index in [1.807, 2.05) is 0 Å². The van der Waals surface area contributed by atoms with Crippen molar-refractivity contribution < 1.29 is 18.5 Å². The summed E-state index contributed by atoms with van der Waals surface area (Å²) in [6.07, 6.45) is 3.63. The summed E-state index contributed by atoms with van der Waals surface area (Å²) >= 11 is 0. The monoisotopic (exact) mass is 634 g/mol. The van der Waals surface area contributed by atoms with Crippen molar-refractivity contribution in [3.63, 3.8) is 0 Å². The SMILES string of the molecule is Cc1cc(C(C)(C)C)cc(C)c1-c1ccc2c3c1OP(=O)(O)Oc1c(-c4c(C)cc(C(C)(C)C)cc4C)ccc4c1C3(CC2)CC4. The van der Waals surface area contributed by atoms with Gasteiger partial charge in [-0.15, -0.1) is 0 Å². The highest BCUT2D eigenvalue weighted by molar-refractivity contribution is 7.48. The first-order valence-corrected chi connectivity index (χ1v) is 18.2. The van der Waals surface area contributed by atoms with Crippen LogP contribution < -0.4 is 9.05 Å². The fraction of sp³-hybridized carbons (Fsp3) is 0.415. The Morgan fingerprint density at radius 1 is 0.630 bits per heavy atom. The summed E-state index contributed by atoms with van der Waals surface area (Å²) in [5, 5.41) is 0. The molecule has 0 aromatic heterocycles. The molecule has 1 aliphatic heterocycles. The molecule has 0 bridgehead atoms. The molecular formula is C41H47O4P. The zero-order chi connectivity index (χ0) is 33.1. The maximum atomic E-state index is 14.2. The lowest BCUT2D eigenvalue weighted by molar-refractivity contribution is 0.281. The van der Waals surface area contributed by atoms with Crippen LogP contribution in [0, 0.1) is 27.7 Å². The maximum absolute atomic E-state index is 14.2. The minimum absolute atomic E-state index is 0.0102. The van der Waals surface area contributed by atoms with Crippen LogP contribution >= 0.6 is 7.82 Å². The molecule has 0 atom stereocenters. The van der Waals surface area contributed by atoms with Crippen LogP contribution in [0.4, 0.5) is 0 Å². The number of phosphoric acid groups is 1. The molecule has 4 aromatic carbocycles. The van der Waals surface area contributed by atoms with E-state index >= 15 is 0 Å². The van der Waals surface area contributed by atoms with Crippen LogP contribution in [0.15, 0.2) is 48.5 Å². The molecule has 1 heterocycles. The van der Waals surface area contributed by atoms with E-state index < -0.39 is 7.82 Å². The molecule has 0 fully saturated rings. The molecule has 3 aliphatic rings. The molecular weight excluding hydrogens is 587 g/mol. The van der Waals surface area contributed by atoms with Crippen molar-refractivity contribution in [2.45, 2.75) is 111 Å². The minimum Gasteiger partial charge on any atom is -0.394 e. The second-order valence-corrected chi connectivity index (χ2v) is 17.5. The first-order chi connectivity index (χ1) is 21.4. The first-order valence-electron chi connectivity index (χ1n) is 16.7. The lowest BCUT2D eigenvalue weighted by Gasteiger charge is -2.35. The van der Waals surface area contributed by atoms with Crippen molar-refractivity contribution in [3.8, 4) is 33.8 Å². The molecule has 4 nitrogen and oxygen atoms in total.